The van der Waals surface area contributed by atoms with Crippen molar-refractivity contribution in [2.24, 2.45) is 0 Å². The summed E-state index contributed by atoms with van der Waals surface area (Å²) in [4.78, 5) is 0. The van der Waals surface area contributed by atoms with Gasteiger partial charge in [-0.3, -0.25) is 0 Å². The highest BCUT2D eigenvalue weighted by molar-refractivity contribution is 6.79. The molecule has 0 bridgehead atoms. The Hall–Kier alpha value is -0.0431. The van der Waals surface area contributed by atoms with Crippen molar-refractivity contribution in [2.45, 2.75) is 57.8 Å². The first-order chi connectivity index (χ1) is 5.74. The van der Waals surface area contributed by atoms with Crippen LogP contribution in [0, 0.1) is 0 Å². The van der Waals surface area contributed by atoms with E-state index >= 15 is 0 Å². The second-order valence-corrected chi connectivity index (χ2v) is 9.36. The normalized spacial score (nSPS) is 11.6. The zero-order chi connectivity index (χ0) is 9.45. The summed E-state index contributed by atoms with van der Waals surface area (Å²) >= 11 is 0. The Balaban J connectivity index is 3.84. The van der Waals surface area contributed by atoms with Crippen LogP contribution in [-0.4, -0.2) is 8.07 Å². The van der Waals surface area contributed by atoms with Crippen molar-refractivity contribution in [1.82, 2.24) is 0 Å². The maximum absolute atomic E-state index is 3.77. The van der Waals surface area contributed by atoms with Crippen LogP contribution in [0.25, 0.3) is 0 Å². The second-order valence-electron chi connectivity index (χ2n) is 3.74. The van der Waals surface area contributed by atoms with Crippen molar-refractivity contribution in [3.8, 4) is 0 Å². The third kappa shape index (κ3) is 3.57. The van der Waals surface area contributed by atoms with Gasteiger partial charge in [0.2, 0.25) is 0 Å². The van der Waals surface area contributed by atoms with Crippen LogP contribution in [0.4, 0.5) is 0 Å². The smallest absolute Gasteiger partial charge is 0.0527 e. The minimum Gasteiger partial charge on any atom is -0.103 e. The summed E-state index contributed by atoms with van der Waals surface area (Å²) < 4.78 is 0. The van der Waals surface area contributed by atoms with Crippen LogP contribution < -0.4 is 0 Å². The largest absolute Gasteiger partial charge is 0.103 e. The Labute approximate surface area is 79.1 Å². The first-order valence-corrected chi connectivity index (χ1v) is 8.18. The Morgan fingerprint density at radius 2 is 1.58 bits per heavy atom. The van der Waals surface area contributed by atoms with Crippen LogP contribution in [0.3, 0.4) is 0 Å². The summed E-state index contributed by atoms with van der Waals surface area (Å²) in [6.07, 6.45) is 4.65. The molecule has 0 aliphatic carbocycles. The van der Waals surface area contributed by atoms with E-state index < -0.39 is 8.07 Å². The Bertz CT molecular complexity index is 106. The van der Waals surface area contributed by atoms with Crippen LogP contribution in [0.1, 0.15) is 33.6 Å². The molecule has 0 aromatic heterocycles. The Morgan fingerprint density at radius 3 is 1.92 bits per heavy atom. The lowest BCUT2D eigenvalue weighted by atomic mass is 10.3. The zero-order valence-electron chi connectivity index (χ0n) is 9.03. The van der Waals surface area contributed by atoms with E-state index in [1.165, 1.54) is 37.0 Å². The van der Waals surface area contributed by atoms with Crippen molar-refractivity contribution in [1.29, 1.82) is 0 Å². The van der Waals surface area contributed by atoms with Gasteiger partial charge in [-0.05, 0) is 6.42 Å². The highest BCUT2D eigenvalue weighted by Crippen LogP contribution is 2.26. The molecule has 0 nitrogen and oxygen atoms in total. The van der Waals surface area contributed by atoms with Gasteiger partial charge in [0.25, 0.3) is 0 Å². The third-order valence-corrected chi connectivity index (χ3v) is 9.28. The van der Waals surface area contributed by atoms with Gasteiger partial charge in [-0.1, -0.05) is 57.4 Å². The molecule has 1 heteroatoms. The van der Waals surface area contributed by atoms with E-state index in [2.05, 4.69) is 33.4 Å². The van der Waals surface area contributed by atoms with Crippen LogP contribution in [0.5, 0.6) is 0 Å². The van der Waals surface area contributed by atoms with E-state index in [0.29, 0.717) is 0 Å². The fourth-order valence-corrected chi connectivity index (χ4v) is 5.42. The molecule has 0 aliphatic rings. The van der Waals surface area contributed by atoms with E-state index in [9.17, 15) is 0 Å². The summed E-state index contributed by atoms with van der Waals surface area (Å²) in [7, 11) is -0.802. The van der Waals surface area contributed by atoms with Gasteiger partial charge >= 0.3 is 0 Å². The lowest BCUT2D eigenvalue weighted by Crippen LogP contribution is -2.30. The maximum Gasteiger partial charge on any atom is 0.0527 e. The minimum atomic E-state index is -0.802. The molecule has 0 saturated heterocycles. The summed E-state index contributed by atoms with van der Waals surface area (Å²) in [5.74, 6) is 0. The summed E-state index contributed by atoms with van der Waals surface area (Å²) in [5, 5.41) is 0. The minimum absolute atomic E-state index is 0.802. The number of rotatable bonds is 7. The van der Waals surface area contributed by atoms with Gasteiger partial charge in [0, 0.05) is 0 Å². The number of hydrogen-bond donors (Lipinski definition) is 0. The van der Waals surface area contributed by atoms with E-state index in [1.54, 1.807) is 0 Å². The standard InChI is InChI=1S/C11H24Si/c1-5-9-10-11-12(6-2,7-3)8-4/h5H,1,6-11H2,2-4H3. The predicted octanol–water partition coefficient (Wildman–Crippen LogP) is 4.46. The van der Waals surface area contributed by atoms with Gasteiger partial charge in [0.15, 0.2) is 0 Å². The van der Waals surface area contributed by atoms with Gasteiger partial charge in [0.1, 0.15) is 0 Å². The average molecular weight is 184 g/mol. The first kappa shape index (κ1) is 12.0. The van der Waals surface area contributed by atoms with E-state index in [-0.39, 0.29) is 0 Å². The molecule has 0 spiro atoms. The molecule has 0 fully saturated rings. The van der Waals surface area contributed by atoms with Crippen LogP contribution in [0.15, 0.2) is 12.7 Å². The molecular weight excluding hydrogens is 160 g/mol. The first-order valence-electron chi connectivity index (χ1n) is 5.35. The highest BCUT2D eigenvalue weighted by Gasteiger charge is 2.25. The molecule has 0 amide bonds. The summed E-state index contributed by atoms with van der Waals surface area (Å²) in [5.41, 5.74) is 0. The van der Waals surface area contributed by atoms with Crippen molar-refractivity contribution >= 4 is 8.07 Å². The lowest BCUT2D eigenvalue weighted by molar-refractivity contribution is 0.910. The molecule has 0 rings (SSSR count). The quantitative estimate of drug-likeness (QED) is 0.311. The van der Waals surface area contributed by atoms with Gasteiger partial charge in [-0.2, -0.15) is 0 Å². The molecule has 0 aliphatic heterocycles. The van der Waals surface area contributed by atoms with Gasteiger partial charge in [-0.25, -0.2) is 0 Å². The Morgan fingerprint density at radius 1 is 1.08 bits per heavy atom. The molecule has 0 unspecified atom stereocenters. The lowest BCUT2D eigenvalue weighted by Gasteiger charge is -2.27. The van der Waals surface area contributed by atoms with E-state index in [4.69, 9.17) is 0 Å². The van der Waals surface area contributed by atoms with E-state index in [0.717, 1.165) is 0 Å². The fourth-order valence-electron chi connectivity index (χ4n) is 1.90. The monoisotopic (exact) mass is 184 g/mol. The van der Waals surface area contributed by atoms with Crippen molar-refractivity contribution in [3.05, 3.63) is 12.7 Å². The second kappa shape index (κ2) is 6.47. The summed E-state index contributed by atoms with van der Waals surface area (Å²) in [6, 6.07) is 5.92. The Kier molecular flexibility index (Phi) is 6.45. The molecule has 0 saturated carbocycles. The maximum atomic E-state index is 3.77. The zero-order valence-corrected chi connectivity index (χ0v) is 10.0. The number of hydrogen-bond acceptors (Lipinski definition) is 0. The van der Waals surface area contributed by atoms with Crippen LogP contribution >= 0.6 is 0 Å². The highest BCUT2D eigenvalue weighted by atomic mass is 28.3. The van der Waals surface area contributed by atoms with Crippen LogP contribution in [0.2, 0.25) is 24.2 Å². The SMILES string of the molecule is C=CCCC[Si](CC)(CC)CC. The summed E-state index contributed by atoms with van der Waals surface area (Å²) in [6.45, 7) is 10.9. The molecule has 0 N–H and O–H groups in total. The molecule has 0 atom stereocenters. The molecule has 72 valence electrons. The number of unbranched alkanes of at least 4 members (excludes halogenated alkanes) is 1. The van der Waals surface area contributed by atoms with Gasteiger partial charge < -0.3 is 0 Å². The average Bonchev–Trinajstić information content (AvgIpc) is 2.14. The number of allylic oxidation sites excluding steroid dienone is 1. The van der Waals surface area contributed by atoms with Crippen molar-refractivity contribution in [3.63, 3.8) is 0 Å². The topological polar surface area (TPSA) is 0 Å². The molecular formula is C11H24Si. The van der Waals surface area contributed by atoms with Crippen molar-refractivity contribution < 1.29 is 0 Å². The van der Waals surface area contributed by atoms with Crippen LogP contribution in [-0.2, 0) is 0 Å². The van der Waals surface area contributed by atoms with Crippen molar-refractivity contribution in [2.75, 3.05) is 0 Å². The molecule has 0 heterocycles. The predicted molar refractivity (Wildman–Crippen MR) is 61.4 cm³/mol. The molecule has 0 aromatic rings. The van der Waals surface area contributed by atoms with E-state index in [1.807, 2.05) is 0 Å². The van der Waals surface area contributed by atoms with Gasteiger partial charge in [-0.15, -0.1) is 6.58 Å². The van der Waals surface area contributed by atoms with Gasteiger partial charge in [0.05, 0.1) is 8.07 Å². The third-order valence-electron chi connectivity index (χ3n) is 3.37. The molecule has 0 radical (unpaired) electrons. The fraction of sp³-hybridized carbons (Fsp3) is 0.818. The molecule has 0 aromatic carbocycles. The molecule has 12 heavy (non-hydrogen) atoms.